The normalized spacial score (nSPS) is 23.2. The number of carbonyl (C=O) groups is 1. The molecule has 0 radical (unpaired) electrons. The molecule has 3 heterocycles. The minimum absolute atomic E-state index is 0.0673. The van der Waals surface area contributed by atoms with Gasteiger partial charge in [0.2, 0.25) is 5.91 Å². The average molecular weight is 345 g/mol. The van der Waals surface area contributed by atoms with Gasteiger partial charge in [-0.2, -0.15) is 0 Å². The van der Waals surface area contributed by atoms with Crippen LogP contribution in [0.3, 0.4) is 0 Å². The minimum Gasteiger partial charge on any atom is -0.370 e. The van der Waals surface area contributed by atoms with Gasteiger partial charge in [0.25, 0.3) is 0 Å². The Morgan fingerprint density at radius 2 is 2.04 bits per heavy atom. The molecule has 1 atom stereocenters. The fourth-order valence-corrected chi connectivity index (χ4v) is 3.98. The zero-order valence-corrected chi connectivity index (χ0v) is 15.5. The molecule has 0 bridgehead atoms. The van der Waals surface area contributed by atoms with Crippen molar-refractivity contribution in [2.75, 3.05) is 19.6 Å². The topological polar surface area (TPSA) is 54.5 Å². The molecule has 1 aromatic heterocycles. The van der Waals surface area contributed by atoms with Crippen LogP contribution < -0.4 is 5.32 Å². The van der Waals surface area contributed by atoms with Crippen molar-refractivity contribution < 1.29 is 9.53 Å². The minimum atomic E-state index is 0.0673. The number of amides is 1. The summed E-state index contributed by atoms with van der Waals surface area (Å²) in [5.74, 6) is 0.107. The number of aryl methyl sites for hydroxylation is 1. The third kappa shape index (κ3) is 5.02. The number of pyridine rings is 1. The Morgan fingerprint density at radius 3 is 2.72 bits per heavy atom. The monoisotopic (exact) mass is 345 g/mol. The molecule has 2 fully saturated rings. The van der Waals surface area contributed by atoms with Crippen LogP contribution in [0.1, 0.15) is 51.5 Å². The average Bonchev–Trinajstić information content (AvgIpc) is 3.02. The first-order valence-electron chi connectivity index (χ1n) is 9.64. The fraction of sp³-hybridized carbons (Fsp3) is 0.700. The van der Waals surface area contributed by atoms with Crippen LogP contribution in [0, 0.1) is 0 Å². The summed E-state index contributed by atoms with van der Waals surface area (Å²) in [6.07, 6.45) is 9.43. The van der Waals surface area contributed by atoms with Gasteiger partial charge in [0.1, 0.15) is 0 Å². The molecule has 3 rings (SSSR count). The molecule has 1 aromatic rings. The van der Waals surface area contributed by atoms with E-state index in [1.54, 1.807) is 12.4 Å². The number of aromatic nitrogens is 1. The first-order valence-corrected chi connectivity index (χ1v) is 9.64. The Kier molecular flexibility index (Phi) is 6.07. The summed E-state index contributed by atoms with van der Waals surface area (Å²) in [4.78, 5) is 18.6. The van der Waals surface area contributed by atoms with Crippen LogP contribution in [0.4, 0.5) is 0 Å². The van der Waals surface area contributed by atoms with E-state index in [-0.39, 0.29) is 17.6 Å². The summed E-state index contributed by atoms with van der Waals surface area (Å²) < 4.78 is 6.38. The number of nitrogens with zero attached hydrogens (tertiary/aromatic N) is 2. The summed E-state index contributed by atoms with van der Waals surface area (Å²) in [6, 6.07) is 4.54. The van der Waals surface area contributed by atoms with E-state index in [9.17, 15) is 4.79 Å². The van der Waals surface area contributed by atoms with Crippen LogP contribution in [0.25, 0.3) is 0 Å². The van der Waals surface area contributed by atoms with Gasteiger partial charge in [0.15, 0.2) is 0 Å². The Morgan fingerprint density at radius 1 is 1.32 bits per heavy atom. The van der Waals surface area contributed by atoms with Gasteiger partial charge in [-0.1, -0.05) is 0 Å². The van der Waals surface area contributed by atoms with Crippen molar-refractivity contribution in [3.63, 3.8) is 0 Å². The van der Waals surface area contributed by atoms with E-state index in [1.165, 1.54) is 0 Å². The van der Waals surface area contributed by atoms with Gasteiger partial charge < -0.3 is 15.0 Å². The van der Waals surface area contributed by atoms with E-state index < -0.39 is 0 Å². The van der Waals surface area contributed by atoms with Crippen molar-refractivity contribution in [3.05, 3.63) is 30.1 Å². The molecule has 138 valence electrons. The number of piperidine rings is 1. The van der Waals surface area contributed by atoms with E-state index >= 15 is 0 Å². The molecule has 0 aromatic carbocycles. The molecule has 1 spiro atoms. The molecule has 2 aliphatic rings. The van der Waals surface area contributed by atoms with Gasteiger partial charge in [-0.15, -0.1) is 0 Å². The van der Waals surface area contributed by atoms with Gasteiger partial charge in [0.05, 0.1) is 11.7 Å². The highest BCUT2D eigenvalue weighted by Gasteiger charge is 2.42. The van der Waals surface area contributed by atoms with E-state index in [0.29, 0.717) is 19.0 Å². The molecule has 0 aliphatic carbocycles. The first kappa shape index (κ1) is 18.3. The predicted octanol–water partition coefficient (Wildman–Crippen LogP) is 2.55. The Labute approximate surface area is 151 Å². The van der Waals surface area contributed by atoms with E-state index in [1.807, 2.05) is 12.1 Å². The quantitative estimate of drug-likeness (QED) is 0.861. The molecule has 25 heavy (non-hydrogen) atoms. The zero-order valence-electron chi connectivity index (χ0n) is 15.5. The molecule has 0 unspecified atom stereocenters. The number of hydrogen-bond acceptors (Lipinski definition) is 4. The van der Waals surface area contributed by atoms with Crippen LogP contribution >= 0.6 is 0 Å². The van der Waals surface area contributed by atoms with E-state index in [2.05, 4.69) is 29.0 Å². The molecule has 2 saturated heterocycles. The van der Waals surface area contributed by atoms with Crippen molar-refractivity contribution in [2.45, 2.75) is 70.1 Å². The predicted molar refractivity (Wildman–Crippen MR) is 98.3 cm³/mol. The molecular weight excluding hydrogens is 314 g/mol. The highest BCUT2D eigenvalue weighted by atomic mass is 16.5. The molecule has 5 nitrogen and oxygen atoms in total. The van der Waals surface area contributed by atoms with Crippen molar-refractivity contribution in [3.8, 4) is 0 Å². The maximum absolute atomic E-state index is 12.1. The standard InChI is InChI=1S/C20H31N3O2/c1-16(2)23-13-9-20(10-14-23)8-5-18(25-20)15-22-19(24)4-3-17-6-11-21-12-7-17/h6-7,11-12,16,18H,3-5,8-10,13-15H2,1-2H3,(H,22,24)/t18-/m0/s1. The van der Waals surface area contributed by atoms with Crippen LogP contribution in [-0.4, -0.2) is 53.2 Å². The summed E-state index contributed by atoms with van der Waals surface area (Å²) >= 11 is 0. The highest BCUT2D eigenvalue weighted by Crippen LogP contribution is 2.39. The van der Waals surface area contributed by atoms with Crippen molar-refractivity contribution in [1.29, 1.82) is 0 Å². The molecule has 5 heteroatoms. The first-order chi connectivity index (χ1) is 12.1. The Hall–Kier alpha value is -1.46. The second-order valence-electron chi connectivity index (χ2n) is 7.75. The molecule has 1 amide bonds. The largest absolute Gasteiger partial charge is 0.370 e. The third-order valence-corrected chi connectivity index (χ3v) is 5.70. The summed E-state index contributed by atoms with van der Waals surface area (Å²) in [7, 11) is 0. The van der Waals surface area contributed by atoms with E-state index in [4.69, 9.17) is 4.74 Å². The number of carbonyl (C=O) groups excluding carboxylic acids is 1. The van der Waals surface area contributed by atoms with Gasteiger partial charge in [-0.05, 0) is 63.6 Å². The maximum atomic E-state index is 12.1. The zero-order chi connectivity index (χ0) is 17.7. The number of hydrogen-bond donors (Lipinski definition) is 1. The number of ether oxygens (including phenoxy) is 1. The van der Waals surface area contributed by atoms with Crippen LogP contribution in [0.15, 0.2) is 24.5 Å². The number of nitrogens with one attached hydrogen (secondary N) is 1. The molecule has 2 aliphatic heterocycles. The van der Waals surface area contributed by atoms with Gasteiger partial charge in [-0.3, -0.25) is 9.78 Å². The van der Waals surface area contributed by atoms with Gasteiger partial charge >= 0.3 is 0 Å². The van der Waals surface area contributed by atoms with Gasteiger partial charge in [0, 0.05) is 44.5 Å². The van der Waals surface area contributed by atoms with Crippen molar-refractivity contribution in [2.24, 2.45) is 0 Å². The number of likely N-dealkylation sites (tertiary alicyclic amines) is 1. The Bertz CT molecular complexity index is 553. The lowest BCUT2D eigenvalue weighted by molar-refractivity contribution is -0.122. The van der Waals surface area contributed by atoms with Gasteiger partial charge in [-0.25, -0.2) is 0 Å². The second kappa shape index (κ2) is 8.28. The second-order valence-corrected chi connectivity index (χ2v) is 7.75. The lowest BCUT2D eigenvalue weighted by Crippen LogP contribution is -2.47. The number of rotatable bonds is 6. The van der Waals surface area contributed by atoms with Crippen molar-refractivity contribution in [1.82, 2.24) is 15.2 Å². The Balaban J connectivity index is 1.36. The van der Waals surface area contributed by atoms with Crippen LogP contribution in [0.5, 0.6) is 0 Å². The lowest BCUT2D eigenvalue weighted by Gasteiger charge is -2.40. The van der Waals surface area contributed by atoms with E-state index in [0.717, 1.165) is 50.8 Å². The van der Waals surface area contributed by atoms with Crippen LogP contribution in [0.2, 0.25) is 0 Å². The molecule has 1 N–H and O–H groups in total. The summed E-state index contributed by atoms with van der Waals surface area (Å²) in [5.41, 5.74) is 1.22. The maximum Gasteiger partial charge on any atom is 0.220 e. The highest BCUT2D eigenvalue weighted by molar-refractivity contribution is 5.76. The lowest BCUT2D eigenvalue weighted by atomic mass is 9.88. The van der Waals surface area contributed by atoms with Crippen LogP contribution in [-0.2, 0) is 16.0 Å². The third-order valence-electron chi connectivity index (χ3n) is 5.70. The SMILES string of the molecule is CC(C)N1CCC2(CC[C@@H](CNC(=O)CCc3ccncc3)O2)CC1. The smallest absolute Gasteiger partial charge is 0.220 e. The van der Waals surface area contributed by atoms with Crippen molar-refractivity contribution >= 4 is 5.91 Å². The molecule has 0 saturated carbocycles. The fourth-order valence-electron chi connectivity index (χ4n) is 3.98. The molecular formula is C20H31N3O2. The summed E-state index contributed by atoms with van der Waals surface area (Å²) in [5, 5.41) is 3.05. The summed E-state index contributed by atoms with van der Waals surface area (Å²) in [6.45, 7) is 7.42.